The molecular weight excluding hydrogens is 632 g/mol. The lowest BCUT2D eigenvalue weighted by molar-refractivity contribution is -0.137. The van der Waals surface area contributed by atoms with E-state index in [1.54, 1.807) is 21.2 Å². The average Bonchev–Trinajstić information content (AvgIpc) is 3.49. The van der Waals surface area contributed by atoms with Gasteiger partial charge in [-0.1, -0.05) is 62.8 Å². The van der Waals surface area contributed by atoms with Crippen LogP contribution in [0.3, 0.4) is 0 Å². The van der Waals surface area contributed by atoms with Gasteiger partial charge in [0, 0.05) is 34.4 Å². The zero-order chi connectivity index (χ0) is 36.0. The van der Waals surface area contributed by atoms with Gasteiger partial charge in [0.1, 0.15) is 5.70 Å². The normalized spacial score (nSPS) is 15.7. The third-order valence-corrected chi connectivity index (χ3v) is 8.92. The number of thiophene rings is 1. The van der Waals surface area contributed by atoms with Crippen LogP contribution in [0, 0.1) is 0 Å². The lowest BCUT2D eigenvalue weighted by Crippen LogP contribution is -2.42. The SMILES string of the molecule is C/C=C\C.C=C1C=CC=CN1/C(=C\CC)C(=O)N1CCc2c(C(=O)Nc3cc(CCC)cc(C(F)(F)F)c3)csc2C1C.CC=C(C)C. The van der Waals surface area contributed by atoms with Crippen molar-refractivity contribution in [2.45, 2.75) is 93.3 Å². The van der Waals surface area contributed by atoms with E-state index in [1.165, 1.54) is 16.9 Å². The molecule has 2 aliphatic rings. The second kappa shape index (κ2) is 19.0. The first-order chi connectivity index (χ1) is 22.7. The monoisotopic (exact) mass is 681 g/mol. The number of allylic oxidation sites excluding steroid dienone is 8. The first kappa shape index (κ1) is 40.1. The van der Waals surface area contributed by atoms with Crippen LogP contribution in [0.5, 0.6) is 0 Å². The fraction of sp³-hybridized carbons (Fsp3) is 0.385. The smallest absolute Gasteiger partial charge is 0.329 e. The van der Waals surface area contributed by atoms with Crippen LogP contribution in [0.1, 0.15) is 106 Å². The molecule has 260 valence electrons. The van der Waals surface area contributed by atoms with Crippen LogP contribution < -0.4 is 5.32 Å². The quantitative estimate of drug-likeness (QED) is 0.234. The molecule has 2 aromatic rings. The minimum atomic E-state index is -4.51. The summed E-state index contributed by atoms with van der Waals surface area (Å²) in [4.78, 5) is 31.4. The van der Waals surface area contributed by atoms with Gasteiger partial charge in [-0.2, -0.15) is 13.2 Å². The largest absolute Gasteiger partial charge is 0.416 e. The maximum Gasteiger partial charge on any atom is 0.416 e. The van der Waals surface area contributed by atoms with Gasteiger partial charge in [-0.25, -0.2) is 0 Å². The summed E-state index contributed by atoms with van der Waals surface area (Å²) < 4.78 is 40.4. The topological polar surface area (TPSA) is 52.7 Å². The summed E-state index contributed by atoms with van der Waals surface area (Å²) in [6, 6.07) is 3.43. The molecule has 48 heavy (non-hydrogen) atoms. The van der Waals surface area contributed by atoms with Crippen molar-refractivity contribution in [3.05, 3.63) is 123 Å². The number of nitrogens with one attached hydrogen (secondary N) is 1. The number of carbonyl (C=O) groups is 2. The Morgan fingerprint density at radius 2 is 1.75 bits per heavy atom. The van der Waals surface area contributed by atoms with Crippen LogP contribution in [0.15, 0.2) is 95.9 Å². The molecule has 1 N–H and O–H groups in total. The molecule has 2 amide bonds. The average molecular weight is 682 g/mol. The molecule has 3 heterocycles. The highest BCUT2D eigenvalue weighted by molar-refractivity contribution is 7.10. The van der Waals surface area contributed by atoms with Gasteiger partial charge in [0.25, 0.3) is 11.8 Å². The van der Waals surface area contributed by atoms with Crippen molar-refractivity contribution in [1.29, 1.82) is 0 Å². The summed E-state index contributed by atoms with van der Waals surface area (Å²) in [5.41, 5.74) is 3.74. The molecule has 1 atom stereocenters. The maximum absolute atomic E-state index is 13.7. The predicted octanol–water partition coefficient (Wildman–Crippen LogP) is 11.2. The van der Waals surface area contributed by atoms with Crippen LogP contribution in [-0.2, 0) is 23.8 Å². The molecule has 0 fully saturated rings. The highest BCUT2D eigenvalue weighted by Gasteiger charge is 2.35. The van der Waals surface area contributed by atoms with Crippen LogP contribution in [0.25, 0.3) is 0 Å². The van der Waals surface area contributed by atoms with Gasteiger partial charge in [0.2, 0.25) is 0 Å². The van der Waals surface area contributed by atoms with E-state index in [9.17, 15) is 22.8 Å². The lowest BCUT2D eigenvalue weighted by atomic mass is 9.97. The molecule has 0 radical (unpaired) electrons. The first-order valence-electron chi connectivity index (χ1n) is 16.4. The number of benzene rings is 1. The number of hydrogen-bond acceptors (Lipinski definition) is 4. The summed E-state index contributed by atoms with van der Waals surface area (Å²) in [7, 11) is 0. The van der Waals surface area contributed by atoms with Crippen molar-refractivity contribution in [1.82, 2.24) is 9.80 Å². The number of amides is 2. The van der Waals surface area contributed by atoms with Gasteiger partial charge < -0.3 is 15.1 Å². The Balaban J connectivity index is 0.000000789. The molecule has 9 heteroatoms. The van der Waals surface area contributed by atoms with Gasteiger partial charge in [-0.05, 0) is 102 Å². The Hall–Kier alpha value is -4.11. The van der Waals surface area contributed by atoms with Crippen molar-refractivity contribution in [3.8, 4) is 0 Å². The minimum Gasteiger partial charge on any atom is -0.329 e. The first-order valence-corrected chi connectivity index (χ1v) is 17.2. The van der Waals surface area contributed by atoms with E-state index in [2.05, 4.69) is 31.8 Å². The van der Waals surface area contributed by atoms with E-state index >= 15 is 0 Å². The summed E-state index contributed by atoms with van der Waals surface area (Å²) in [6.07, 6.45) is 13.1. The summed E-state index contributed by atoms with van der Waals surface area (Å²) in [6.45, 7) is 20.5. The highest BCUT2D eigenvalue weighted by atomic mass is 32.1. The molecule has 0 saturated heterocycles. The van der Waals surface area contributed by atoms with Crippen molar-refractivity contribution in [3.63, 3.8) is 0 Å². The van der Waals surface area contributed by atoms with Crippen LogP contribution in [0.2, 0.25) is 0 Å². The van der Waals surface area contributed by atoms with Crippen LogP contribution in [-0.4, -0.2) is 28.2 Å². The molecule has 4 rings (SSSR count). The van der Waals surface area contributed by atoms with E-state index < -0.39 is 17.6 Å². The number of aryl methyl sites for hydroxylation is 1. The molecule has 0 bridgehead atoms. The molecule has 0 spiro atoms. The second-order valence-corrected chi connectivity index (χ2v) is 12.5. The number of nitrogens with zero attached hydrogens (tertiary/aromatic N) is 2. The molecule has 1 aromatic carbocycles. The third-order valence-electron chi connectivity index (χ3n) is 7.73. The molecule has 0 aliphatic carbocycles. The lowest BCUT2D eigenvalue weighted by Gasteiger charge is -2.36. The maximum atomic E-state index is 13.7. The zero-order valence-corrected chi connectivity index (χ0v) is 30.3. The Morgan fingerprint density at radius 1 is 1.08 bits per heavy atom. The number of anilines is 1. The Kier molecular flexibility index (Phi) is 15.9. The van der Waals surface area contributed by atoms with Gasteiger partial charge in [-0.3, -0.25) is 9.59 Å². The van der Waals surface area contributed by atoms with Gasteiger partial charge in [-0.15, -0.1) is 11.3 Å². The number of fused-ring (bicyclic) bond motifs is 1. The van der Waals surface area contributed by atoms with Crippen molar-refractivity contribution < 1.29 is 22.8 Å². The zero-order valence-electron chi connectivity index (χ0n) is 29.5. The number of alkyl halides is 3. The highest BCUT2D eigenvalue weighted by Crippen LogP contribution is 2.38. The molecule has 1 unspecified atom stereocenters. The third kappa shape index (κ3) is 11.0. The fourth-order valence-corrected chi connectivity index (χ4v) is 6.12. The van der Waals surface area contributed by atoms with Crippen LogP contribution in [0.4, 0.5) is 18.9 Å². The molecule has 2 aliphatic heterocycles. The predicted molar refractivity (Wildman–Crippen MR) is 195 cm³/mol. The van der Waals surface area contributed by atoms with E-state index in [0.717, 1.165) is 22.6 Å². The number of halogens is 3. The Bertz CT molecular complexity index is 1570. The molecule has 1 aromatic heterocycles. The minimum absolute atomic E-state index is 0.122. The number of rotatable bonds is 7. The van der Waals surface area contributed by atoms with E-state index in [-0.39, 0.29) is 17.6 Å². The second-order valence-electron chi connectivity index (χ2n) is 11.6. The fourth-order valence-electron chi connectivity index (χ4n) is 4.94. The number of hydrogen-bond donors (Lipinski definition) is 1. The number of carbonyl (C=O) groups excluding carboxylic acids is 2. The van der Waals surface area contributed by atoms with Crippen LogP contribution >= 0.6 is 11.3 Å². The van der Waals surface area contributed by atoms with E-state index in [0.29, 0.717) is 54.7 Å². The van der Waals surface area contributed by atoms with Crippen molar-refractivity contribution in [2.75, 3.05) is 11.9 Å². The Morgan fingerprint density at radius 3 is 2.29 bits per heavy atom. The summed E-state index contributed by atoms with van der Waals surface area (Å²) >= 11 is 1.39. The summed E-state index contributed by atoms with van der Waals surface area (Å²) in [5, 5.41) is 4.42. The van der Waals surface area contributed by atoms with Gasteiger partial charge in [0.15, 0.2) is 0 Å². The van der Waals surface area contributed by atoms with Crippen molar-refractivity contribution in [2.24, 2.45) is 0 Å². The van der Waals surface area contributed by atoms with Crippen molar-refractivity contribution >= 4 is 28.8 Å². The molecular formula is C39H50F3N3O2S. The summed E-state index contributed by atoms with van der Waals surface area (Å²) in [5.74, 6) is -0.572. The van der Waals surface area contributed by atoms with E-state index in [4.69, 9.17) is 0 Å². The van der Waals surface area contributed by atoms with E-state index in [1.807, 2.05) is 84.2 Å². The molecule has 0 saturated carbocycles. The molecule has 5 nitrogen and oxygen atoms in total. The van der Waals surface area contributed by atoms with Gasteiger partial charge >= 0.3 is 6.18 Å². The van der Waals surface area contributed by atoms with Gasteiger partial charge in [0.05, 0.1) is 17.2 Å². The Labute approximate surface area is 288 Å². The standard InChI is InChI=1S/C30H32F3N3O2S.C5H10.C4H8/c1-5-9-21-15-22(30(31,32)33)17-23(16-21)34-28(37)25-18-39-27-20(4)36(14-12-24(25)27)29(38)26(10-6-2)35-13-8-7-11-19(35)3;1-4-5(2)3;1-3-4-2/h7-8,10-11,13,15-18,20H,3,5-6,9,12,14H2,1-2,4H3,(H,34,37);4H,1-3H3;3-4H,1-2H3/b26-10-;;4-3-.